The van der Waals surface area contributed by atoms with Crippen molar-refractivity contribution in [2.24, 2.45) is 0 Å². The van der Waals surface area contributed by atoms with E-state index in [4.69, 9.17) is 9.97 Å². The van der Waals surface area contributed by atoms with Crippen LogP contribution in [0.3, 0.4) is 0 Å². The van der Waals surface area contributed by atoms with Gasteiger partial charge in [-0.2, -0.15) is 0 Å². The van der Waals surface area contributed by atoms with Gasteiger partial charge in [0.1, 0.15) is 0 Å². The van der Waals surface area contributed by atoms with Gasteiger partial charge in [0, 0.05) is 22.5 Å². The quantitative estimate of drug-likeness (QED) is 0.311. The van der Waals surface area contributed by atoms with Crippen LogP contribution < -0.4 is 0 Å². The lowest BCUT2D eigenvalue weighted by atomic mass is 10.0. The molecule has 3 aromatic heterocycles. The summed E-state index contributed by atoms with van der Waals surface area (Å²) in [4.78, 5) is 14.1. The second-order valence-corrected chi connectivity index (χ2v) is 7.79. The van der Waals surface area contributed by atoms with Crippen molar-refractivity contribution in [1.82, 2.24) is 15.0 Å². The Morgan fingerprint density at radius 2 is 1.03 bits per heavy atom. The SMILES string of the molecule is c1ccc(-c2ccc3cc(-c4ccc5nc(-c6ccccn6)ccc5c4)ccc3n2)cc1. The van der Waals surface area contributed by atoms with Gasteiger partial charge in [-0.3, -0.25) is 4.98 Å². The zero-order valence-electron chi connectivity index (χ0n) is 17.3. The molecule has 0 saturated carbocycles. The lowest BCUT2D eigenvalue weighted by molar-refractivity contribution is 1.28. The Bertz CT molecular complexity index is 1440. The van der Waals surface area contributed by atoms with Crippen molar-refractivity contribution in [3.8, 4) is 33.8 Å². The summed E-state index contributed by atoms with van der Waals surface area (Å²) in [6.07, 6.45) is 1.79. The highest BCUT2D eigenvalue weighted by Crippen LogP contribution is 2.29. The van der Waals surface area contributed by atoms with E-state index in [1.165, 1.54) is 11.1 Å². The van der Waals surface area contributed by atoms with E-state index in [-0.39, 0.29) is 0 Å². The van der Waals surface area contributed by atoms with Crippen molar-refractivity contribution in [1.29, 1.82) is 0 Å². The number of nitrogens with zero attached hydrogens (tertiary/aromatic N) is 3. The number of aromatic nitrogens is 3. The van der Waals surface area contributed by atoms with Gasteiger partial charge < -0.3 is 0 Å². The van der Waals surface area contributed by atoms with Crippen molar-refractivity contribution in [3.05, 3.63) is 115 Å². The molecule has 0 bridgehead atoms. The molecule has 3 heterocycles. The summed E-state index contributed by atoms with van der Waals surface area (Å²) in [5.74, 6) is 0. The molecule has 0 fully saturated rings. The number of fused-ring (bicyclic) bond motifs is 2. The van der Waals surface area contributed by atoms with Gasteiger partial charge in [-0.1, -0.05) is 60.7 Å². The standard InChI is InChI=1S/C29H19N3/c1-2-6-20(7-3-1)25-15-11-23-18-21(9-13-26(23)31-25)22-10-14-27-24(19-22)12-16-29(32-27)28-8-4-5-17-30-28/h1-19H. The van der Waals surface area contributed by atoms with Gasteiger partial charge in [0.2, 0.25) is 0 Å². The second-order valence-electron chi connectivity index (χ2n) is 7.79. The molecule has 6 rings (SSSR count). The molecule has 6 aromatic rings. The fraction of sp³-hybridized carbons (Fsp3) is 0. The molecular weight excluding hydrogens is 390 g/mol. The Labute approximate surface area is 186 Å². The van der Waals surface area contributed by atoms with Crippen molar-refractivity contribution >= 4 is 21.8 Å². The Kier molecular flexibility index (Phi) is 4.43. The molecule has 0 radical (unpaired) electrons. The molecule has 0 spiro atoms. The summed E-state index contributed by atoms with van der Waals surface area (Å²) in [6, 6.07) is 37.4. The summed E-state index contributed by atoms with van der Waals surface area (Å²) >= 11 is 0. The first kappa shape index (κ1) is 18.4. The monoisotopic (exact) mass is 409 g/mol. The number of hydrogen-bond acceptors (Lipinski definition) is 3. The predicted octanol–water partition coefficient (Wildman–Crippen LogP) is 7.18. The molecule has 0 unspecified atom stereocenters. The van der Waals surface area contributed by atoms with Crippen LogP contribution in [0.15, 0.2) is 115 Å². The summed E-state index contributed by atoms with van der Waals surface area (Å²) in [7, 11) is 0. The summed E-state index contributed by atoms with van der Waals surface area (Å²) in [5, 5.41) is 2.24. The molecule has 3 nitrogen and oxygen atoms in total. The zero-order chi connectivity index (χ0) is 21.3. The summed E-state index contributed by atoms with van der Waals surface area (Å²) in [5.41, 5.74) is 8.19. The second kappa shape index (κ2) is 7.71. The highest BCUT2D eigenvalue weighted by atomic mass is 14.8. The Hall–Kier alpha value is -4.37. The molecule has 0 aliphatic heterocycles. The molecule has 0 saturated heterocycles. The molecule has 0 amide bonds. The lowest BCUT2D eigenvalue weighted by Crippen LogP contribution is -1.89. The highest BCUT2D eigenvalue weighted by Gasteiger charge is 2.07. The van der Waals surface area contributed by atoms with Crippen molar-refractivity contribution in [3.63, 3.8) is 0 Å². The summed E-state index contributed by atoms with van der Waals surface area (Å²) < 4.78 is 0. The van der Waals surface area contributed by atoms with E-state index in [0.29, 0.717) is 0 Å². The highest BCUT2D eigenvalue weighted by molar-refractivity contribution is 5.90. The minimum Gasteiger partial charge on any atom is -0.255 e. The van der Waals surface area contributed by atoms with E-state index < -0.39 is 0 Å². The van der Waals surface area contributed by atoms with Crippen LogP contribution in [-0.4, -0.2) is 15.0 Å². The third-order valence-corrected chi connectivity index (χ3v) is 5.71. The molecule has 0 N–H and O–H groups in total. The van der Waals surface area contributed by atoms with E-state index in [2.05, 4.69) is 71.7 Å². The fourth-order valence-electron chi connectivity index (χ4n) is 4.04. The predicted molar refractivity (Wildman–Crippen MR) is 131 cm³/mol. The van der Waals surface area contributed by atoms with Crippen LogP contribution in [0.1, 0.15) is 0 Å². The fourth-order valence-corrected chi connectivity index (χ4v) is 4.04. The van der Waals surface area contributed by atoms with Gasteiger partial charge in [0.15, 0.2) is 0 Å². The van der Waals surface area contributed by atoms with Crippen LogP contribution in [0.2, 0.25) is 0 Å². The Balaban J connectivity index is 1.36. The van der Waals surface area contributed by atoms with Crippen LogP contribution in [0.5, 0.6) is 0 Å². The molecule has 3 heteroatoms. The van der Waals surface area contributed by atoms with E-state index >= 15 is 0 Å². The lowest BCUT2D eigenvalue weighted by Gasteiger charge is -2.08. The van der Waals surface area contributed by atoms with Crippen LogP contribution in [0.4, 0.5) is 0 Å². The maximum Gasteiger partial charge on any atom is 0.0893 e. The van der Waals surface area contributed by atoms with E-state index in [0.717, 1.165) is 44.5 Å². The van der Waals surface area contributed by atoms with Crippen LogP contribution >= 0.6 is 0 Å². The average molecular weight is 409 g/mol. The molecule has 3 aromatic carbocycles. The number of hydrogen-bond donors (Lipinski definition) is 0. The molecule has 0 aliphatic carbocycles. The van der Waals surface area contributed by atoms with Gasteiger partial charge in [-0.25, -0.2) is 9.97 Å². The summed E-state index contributed by atoms with van der Waals surface area (Å²) in [6.45, 7) is 0. The Morgan fingerprint density at radius 1 is 0.406 bits per heavy atom. The number of rotatable bonds is 3. The minimum absolute atomic E-state index is 0.885. The molecule has 150 valence electrons. The van der Waals surface area contributed by atoms with E-state index in [1.807, 2.05) is 42.5 Å². The van der Waals surface area contributed by atoms with E-state index in [9.17, 15) is 0 Å². The Morgan fingerprint density at radius 3 is 1.69 bits per heavy atom. The minimum atomic E-state index is 0.885. The maximum absolute atomic E-state index is 4.85. The number of pyridine rings is 3. The van der Waals surface area contributed by atoms with Crippen LogP contribution in [0.25, 0.3) is 55.6 Å². The first-order valence-corrected chi connectivity index (χ1v) is 10.6. The third-order valence-electron chi connectivity index (χ3n) is 5.71. The van der Waals surface area contributed by atoms with Crippen LogP contribution in [0, 0.1) is 0 Å². The molecular formula is C29H19N3. The largest absolute Gasteiger partial charge is 0.255 e. The van der Waals surface area contributed by atoms with Gasteiger partial charge in [-0.15, -0.1) is 0 Å². The maximum atomic E-state index is 4.85. The molecule has 32 heavy (non-hydrogen) atoms. The smallest absolute Gasteiger partial charge is 0.0893 e. The first-order chi connectivity index (χ1) is 15.8. The third kappa shape index (κ3) is 3.40. The van der Waals surface area contributed by atoms with Gasteiger partial charge >= 0.3 is 0 Å². The van der Waals surface area contributed by atoms with Crippen molar-refractivity contribution in [2.45, 2.75) is 0 Å². The molecule has 0 atom stereocenters. The van der Waals surface area contributed by atoms with Crippen LogP contribution in [-0.2, 0) is 0 Å². The topological polar surface area (TPSA) is 38.7 Å². The first-order valence-electron chi connectivity index (χ1n) is 10.6. The molecule has 0 aliphatic rings. The van der Waals surface area contributed by atoms with Gasteiger partial charge in [0.25, 0.3) is 0 Å². The number of benzene rings is 3. The normalized spacial score (nSPS) is 11.1. The zero-order valence-corrected chi connectivity index (χ0v) is 17.3. The average Bonchev–Trinajstić information content (AvgIpc) is 2.88. The van der Waals surface area contributed by atoms with Crippen molar-refractivity contribution < 1.29 is 0 Å². The van der Waals surface area contributed by atoms with E-state index in [1.54, 1.807) is 6.20 Å². The van der Waals surface area contributed by atoms with Crippen molar-refractivity contribution in [2.75, 3.05) is 0 Å². The van der Waals surface area contributed by atoms with Gasteiger partial charge in [0.05, 0.1) is 28.1 Å². The van der Waals surface area contributed by atoms with Gasteiger partial charge in [-0.05, 0) is 59.7 Å².